The Hall–Kier alpha value is -1.47. The van der Waals surface area contributed by atoms with Crippen molar-refractivity contribution >= 4 is 12.0 Å². The van der Waals surface area contributed by atoms with Gasteiger partial charge in [0, 0.05) is 13.1 Å². The van der Waals surface area contributed by atoms with E-state index in [9.17, 15) is 22.8 Å². The SMILES string of the molecule is O=C(O)C1CCCN(C(=O)NCC(F)(F)F)C1. The average molecular weight is 254 g/mol. The zero-order valence-electron chi connectivity index (χ0n) is 8.96. The Morgan fingerprint density at radius 3 is 2.59 bits per heavy atom. The zero-order chi connectivity index (χ0) is 13.1. The molecule has 0 spiro atoms. The lowest BCUT2D eigenvalue weighted by Crippen LogP contribution is -2.48. The number of hydrogen-bond donors (Lipinski definition) is 2. The number of carbonyl (C=O) groups is 2. The Morgan fingerprint density at radius 2 is 2.06 bits per heavy atom. The molecule has 2 amide bonds. The minimum absolute atomic E-state index is 0.0426. The fraction of sp³-hybridized carbons (Fsp3) is 0.778. The number of carboxylic acid groups (broad SMARTS) is 1. The van der Waals surface area contributed by atoms with Gasteiger partial charge in [-0.25, -0.2) is 4.79 Å². The van der Waals surface area contributed by atoms with Crippen molar-refractivity contribution in [2.45, 2.75) is 19.0 Å². The van der Waals surface area contributed by atoms with E-state index < -0.39 is 30.6 Å². The number of nitrogens with zero attached hydrogens (tertiary/aromatic N) is 1. The van der Waals surface area contributed by atoms with Crippen LogP contribution >= 0.6 is 0 Å². The van der Waals surface area contributed by atoms with Crippen molar-refractivity contribution in [3.8, 4) is 0 Å². The number of rotatable bonds is 2. The second-order valence-electron chi connectivity index (χ2n) is 3.90. The van der Waals surface area contributed by atoms with E-state index in [1.807, 2.05) is 0 Å². The maximum atomic E-state index is 11.9. The normalized spacial score (nSPS) is 21.1. The molecule has 1 rings (SSSR count). The maximum absolute atomic E-state index is 11.9. The predicted molar refractivity (Wildman–Crippen MR) is 51.4 cm³/mol. The van der Waals surface area contributed by atoms with Gasteiger partial charge in [-0.2, -0.15) is 13.2 Å². The molecule has 0 aliphatic carbocycles. The zero-order valence-corrected chi connectivity index (χ0v) is 8.96. The number of urea groups is 1. The first kappa shape index (κ1) is 13.6. The summed E-state index contributed by atoms with van der Waals surface area (Å²) < 4.78 is 35.6. The van der Waals surface area contributed by atoms with Gasteiger partial charge in [-0.3, -0.25) is 4.79 Å². The molecule has 0 saturated carbocycles. The van der Waals surface area contributed by atoms with Crippen molar-refractivity contribution in [1.82, 2.24) is 10.2 Å². The van der Waals surface area contributed by atoms with E-state index in [-0.39, 0.29) is 13.1 Å². The van der Waals surface area contributed by atoms with Crippen molar-refractivity contribution in [3.05, 3.63) is 0 Å². The van der Waals surface area contributed by atoms with E-state index in [1.165, 1.54) is 0 Å². The third-order valence-corrected chi connectivity index (χ3v) is 2.50. The molecule has 1 aliphatic rings. The van der Waals surface area contributed by atoms with Crippen LogP contribution in [0, 0.1) is 5.92 Å². The molecule has 0 radical (unpaired) electrons. The van der Waals surface area contributed by atoms with Gasteiger partial charge in [0.15, 0.2) is 0 Å². The van der Waals surface area contributed by atoms with Crippen molar-refractivity contribution < 1.29 is 27.9 Å². The van der Waals surface area contributed by atoms with Gasteiger partial charge in [-0.1, -0.05) is 0 Å². The van der Waals surface area contributed by atoms with Crippen LogP contribution in [0.3, 0.4) is 0 Å². The highest BCUT2D eigenvalue weighted by atomic mass is 19.4. The molecule has 1 unspecified atom stereocenters. The molecule has 0 bridgehead atoms. The van der Waals surface area contributed by atoms with Crippen LogP contribution in [0.4, 0.5) is 18.0 Å². The van der Waals surface area contributed by atoms with Crippen molar-refractivity contribution in [3.63, 3.8) is 0 Å². The molecule has 98 valence electrons. The third-order valence-electron chi connectivity index (χ3n) is 2.50. The van der Waals surface area contributed by atoms with E-state index in [4.69, 9.17) is 5.11 Å². The molecule has 8 heteroatoms. The summed E-state index contributed by atoms with van der Waals surface area (Å²) in [7, 11) is 0. The molecule has 0 aromatic rings. The van der Waals surface area contributed by atoms with Crippen molar-refractivity contribution in [2.24, 2.45) is 5.92 Å². The topological polar surface area (TPSA) is 69.6 Å². The lowest BCUT2D eigenvalue weighted by Gasteiger charge is -2.30. The third kappa shape index (κ3) is 4.49. The largest absolute Gasteiger partial charge is 0.481 e. The van der Waals surface area contributed by atoms with Gasteiger partial charge in [-0.15, -0.1) is 0 Å². The molecule has 1 aliphatic heterocycles. The molecule has 17 heavy (non-hydrogen) atoms. The smallest absolute Gasteiger partial charge is 0.405 e. The molecule has 1 saturated heterocycles. The van der Waals surface area contributed by atoms with Crippen LogP contribution in [-0.4, -0.2) is 47.8 Å². The van der Waals surface area contributed by atoms with E-state index in [2.05, 4.69) is 0 Å². The quantitative estimate of drug-likeness (QED) is 0.774. The Bertz CT molecular complexity index is 306. The number of hydrogen-bond acceptors (Lipinski definition) is 2. The van der Waals surface area contributed by atoms with Crippen LogP contribution in [0.1, 0.15) is 12.8 Å². The average Bonchev–Trinajstić information content (AvgIpc) is 2.25. The first-order valence-corrected chi connectivity index (χ1v) is 5.12. The van der Waals surface area contributed by atoms with Crippen LogP contribution < -0.4 is 5.32 Å². The summed E-state index contributed by atoms with van der Waals surface area (Å²) in [6.07, 6.45) is -3.54. The second kappa shape index (κ2) is 5.24. The van der Waals surface area contributed by atoms with E-state index >= 15 is 0 Å². The van der Waals surface area contributed by atoms with E-state index in [0.717, 1.165) is 4.90 Å². The molecule has 0 aromatic heterocycles. The summed E-state index contributed by atoms with van der Waals surface area (Å²) in [5.41, 5.74) is 0. The number of likely N-dealkylation sites (tertiary alicyclic amines) is 1. The highest BCUT2D eigenvalue weighted by Crippen LogP contribution is 2.17. The number of alkyl halides is 3. The van der Waals surface area contributed by atoms with E-state index in [0.29, 0.717) is 12.8 Å². The summed E-state index contributed by atoms with van der Waals surface area (Å²) in [6.45, 7) is -1.16. The number of carboxylic acids is 1. The fourth-order valence-electron chi connectivity index (χ4n) is 1.65. The van der Waals surface area contributed by atoms with Gasteiger partial charge >= 0.3 is 18.2 Å². The highest BCUT2D eigenvalue weighted by Gasteiger charge is 2.31. The minimum Gasteiger partial charge on any atom is -0.481 e. The monoisotopic (exact) mass is 254 g/mol. The summed E-state index contributed by atoms with van der Waals surface area (Å²) in [4.78, 5) is 23.1. The fourth-order valence-corrected chi connectivity index (χ4v) is 1.65. The molecule has 1 atom stereocenters. The van der Waals surface area contributed by atoms with Crippen LogP contribution in [0.15, 0.2) is 0 Å². The first-order chi connectivity index (χ1) is 7.79. The molecule has 5 nitrogen and oxygen atoms in total. The number of carbonyl (C=O) groups excluding carboxylic acids is 1. The number of aliphatic carboxylic acids is 1. The summed E-state index contributed by atoms with van der Waals surface area (Å²) >= 11 is 0. The summed E-state index contributed by atoms with van der Waals surface area (Å²) in [5, 5.41) is 10.5. The summed E-state index contributed by atoms with van der Waals surface area (Å²) in [5.74, 6) is -1.72. The first-order valence-electron chi connectivity index (χ1n) is 5.12. The standard InChI is InChI=1S/C9H13F3N2O3/c10-9(11,12)5-13-8(17)14-3-1-2-6(4-14)7(15)16/h6H,1-5H2,(H,13,17)(H,15,16). The second-order valence-corrected chi connectivity index (χ2v) is 3.90. The molecular formula is C9H13F3N2O3. The number of nitrogens with one attached hydrogen (secondary N) is 1. The van der Waals surface area contributed by atoms with Crippen molar-refractivity contribution in [2.75, 3.05) is 19.6 Å². The van der Waals surface area contributed by atoms with Gasteiger partial charge in [0.2, 0.25) is 0 Å². The van der Waals surface area contributed by atoms with Crippen LogP contribution in [0.25, 0.3) is 0 Å². The van der Waals surface area contributed by atoms with Crippen molar-refractivity contribution in [1.29, 1.82) is 0 Å². The van der Waals surface area contributed by atoms with Gasteiger partial charge in [0.05, 0.1) is 5.92 Å². The lowest BCUT2D eigenvalue weighted by atomic mass is 9.99. The summed E-state index contributed by atoms with van der Waals surface area (Å²) in [6, 6.07) is -0.867. The van der Waals surface area contributed by atoms with Crippen LogP contribution in [-0.2, 0) is 4.79 Å². The highest BCUT2D eigenvalue weighted by molar-refractivity contribution is 5.76. The molecular weight excluding hydrogens is 241 g/mol. The van der Waals surface area contributed by atoms with Crippen LogP contribution in [0.2, 0.25) is 0 Å². The Labute approximate surface area is 95.6 Å². The number of halogens is 3. The predicted octanol–water partition coefficient (Wildman–Crippen LogP) is 1.05. The Kier molecular flexibility index (Phi) is 4.19. The number of piperidine rings is 1. The van der Waals surface area contributed by atoms with Crippen LogP contribution in [0.5, 0.6) is 0 Å². The van der Waals surface area contributed by atoms with Gasteiger partial charge in [0.1, 0.15) is 6.54 Å². The minimum atomic E-state index is -4.46. The van der Waals surface area contributed by atoms with E-state index in [1.54, 1.807) is 5.32 Å². The van der Waals surface area contributed by atoms with Gasteiger partial charge in [0.25, 0.3) is 0 Å². The molecule has 2 N–H and O–H groups in total. The molecule has 0 aromatic carbocycles. The lowest BCUT2D eigenvalue weighted by molar-refractivity contribution is -0.143. The molecule has 1 fully saturated rings. The molecule has 1 heterocycles. The number of amides is 2. The van der Waals surface area contributed by atoms with Gasteiger partial charge < -0.3 is 15.3 Å². The Balaban J connectivity index is 2.44. The Morgan fingerprint density at radius 1 is 1.41 bits per heavy atom. The van der Waals surface area contributed by atoms with Gasteiger partial charge in [-0.05, 0) is 12.8 Å². The maximum Gasteiger partial charge on any atom is 0.405 e.